The molecule has 0 unspecified atom stereocenters. The molecular formula is C16H17FN2. The first-order valence-corrected chi connectivity index (χ1v) is 6.52. The Labute approximate surface area is 112 Å². The smallest absolute Gasteiger partial charge is 0.123 e. The van der Waals surface area contributed by atoms with Crippen molar-refractivity contribution in [1.82, 2.24) is 0 Å². The molecule has 19 heavy (non-hydrogen) atoms. The summed E-state index contributed by atoms with van der Waals surface area (Å²) in [6.07, 6.45) is 1.01. The van der Waals surface area contributed by atoms with Crippen molar-refractivity contribution in [3.05, 3.63) is 58.9 Å². The van der Waals surface area contributed by atoms with Gasteiger partial charge < -0.3 is 10.6 Å². The van der Waals surface area contributed by atoms with Crippen LogP contribution in [0.25, 0.3) is 0 Å². The van der Waals surface area contributed by atoms with Gasteiger partial charge in [0.1, 0.15) is 5.82 Å². The third kappa shape index (κ3) is 2.28. The van der Waals surface area contributed by atoms with Gasteiger partial charge in [-0.1, -0.05) is 6.07 Å². The molecule has 1 aliphatic heterocycles. The number of nitrogens with zero attached hydrogens (tertiary/aromatic N) is 1. The molecule has 0 saturated heterocycles. The van der Waals surface area contributed by atoms with Gasteiger partial charge in [0.25, 0.3) is 0 Å². The van der Waals surface area contributed by atoms with Gasteiger partial charge >= 0.3 is 0 Å². The summed E-state index contributed by atoms with van der Waals surface area (Å²) in [6, 6.07) is 11.0. The van der Waals surface area contributed by atoms with E-state index in [1.54, 1.807) is 6.07 Å². The minimum Gasteiger partial charge on any atom is -0.399 e. The molecule has 0 saturated carbocycles. The topological polar surface area (TPSA) is 29.3 Å². The molecule has 0 amide bonds. The molecule has 0 fully saturated rings. The van der Waals surface area contributed by atoms with Gasteiger partial charge in [-0.25, -0.2) is 4.39 Å². The Kier molecular flexibility index (Phi) is 2.90. The number of hydrogen-bond donors (Lipinski definition) is 1. The highest BCUT2D eigenvalue weighted by molar-refractivity contribution is 5.63. The van der Waals surface area contributed by atoms with Crippen molar-refractivity contribution in [3.63, 3.8) is 0 Å². The van der Waals surface area contributed by atoms with Gasteiger partial charge in [0.15, 0.2) is 0 Å². The number of anilines is 2. The molecule has 0 bridgehead atoms. The maximum absolute atomic E-state index is 13.3. The van der Waals surface area contributed by atoms with Crippen LogP contribution in [0.5, 0.6) is 0 Å². The predicted octanol–water partition coefficient (Wildman–Crippen LogP) is 3.28. The maximum Gasteiger partial charge on any atom is 0.123 e. The number of nitrogen functional groups attached to an aromatic ring is 1. The number of fused-ring (bicyclic) bond motifs is 1. The molecule has 3 rings (SSSR count). The highest BCUT2D eigenvalue weighted by Gasteiger charge is 2.19. The fourth-order valence-corrected chi connectivity index (χ4v) is 2.67. The van der Waals surface area contributed by atoms with Crippen LogP contribution in [-0.2, 0) is 13.0 Å². The van der Waals surface area contributed by atoms with Crippen molar-refractivity contribution in [3.8, 4) is 0 Å². The van der Waals surface area contributed by atoms with E-state index >= 15 is 0 Å². The van der Waals surface area contributed by atoms with Crippen LogP contribution in [0.1, 0.15) is 16.7 Å². The van der Waals surface area contributed by atoms with Crippen molar-refractivity contribution in [2.45, 2.75) is 19.9 Å². The van der Waals surface area contributed by atoms with Crippen molar-refractivity contribution in [2.75, 3.05) is 17.2 Å². The Morgan fingerprint density at radius 1 is 1.21 bits per heavy atom. The average molecular weight is 256 g/mol. The van der Waals surface area contributed by atoms with Gasteiger partial charge in [-0.2, -0.15) is 0 Å². The SMILES string of the molecule is Cc1ccc(F)cc1CN1CCc2cc(N)ccc21. The molecule has 1 heterocycles. The third-order valence-corrected chi connectivity index (χ3v) is 3.77. The predicted molar refractivity (Wildman–Crippen MR) is 76.7 cm³/mol. The fraction of sp³-hybridized carbons (Fsp3) is 0.250. The average Bonchev–Trinajstić information content (AvgIpc) is 2.76. The zero-order chi connectivity index (χ0) is 13.4. The molecule has 2 N–H and O–H groups in total. The van der Waals surface area contributed by atoms with Crippen molar-refractivity contribution >= 4 is 11.4 Å². The molecule has 98 valence electrons. The molecule has 0 atom stereocenters. The summed E-state index contributed by atoms with van der Waals surface area (Å²) in [5.74, 6) is -0.169. The lowest BCUT2D eigenvalue weighted by Crippen LogP contribution is -2.20. The van der Waals surface area contributed by atoms with E-state index in [2.05, 4.69) is 11.0 Å². The summed E-state index contributed by atoms with van der Waals surface area (Å²) in [4.78, 5) is 2.29. The van der Waals surface area contributed by atoms with Crippen molar-refractivity contribution < 1.29 is 4.39 Å². The van der Waals surface area contributed by atoms with E-state index in [0.717, 1.165) is 36.3 Å². The molecule has 0 aliphatic carbocycles. The van der Waals surface area contributed by atoms with Gasteiger partial charge in [0.05, 0.1) is 0 Å². The second-order valence-electron chi connectivity index (χ2n) is 5.13. The van der Waals surface area contributed by atoms with Crippen LogP contribution in [0.3, 0.4) is 0 Å². The lowest BCUT2D eigenvalue weighted by Gasteiger charge is -2.20. The van der Waals surface area contributed by atoms with Crippen LogP contribution >= 0.6 is 0 Å². The number of benzene rings is 2. The quantitative estimate of drug-likeness (QED) is 0.835. The van der Waals surface area contributed by atoms with Crippen LogP contribution in [0.15, 0.2) is 36.4 Å². The third-order valence-electron chi connectivity index (χ3n) is 3.77. The van der Waals surface area contributed by atoms with Crippen molar-refractivity contribution in [2.24, 2.45) is 0 Å². The summed E-state index contributed by atoms with van der Waals surface area (Å²) >= 11 is 0. The van der Waals surface area contributed by atoms with Crippen molar-refractivity contribution in [1.29, 1.82) is 0 Å². The van der Waals surface area contributed by atoms with Gasteiger partial charge in [-0.3, -0.25) is 0 Å². The summed E-state index contributed by atoms with van der Waals surface area (Å²) in [7, 11) is 0. The molecule has 2 nitrogen and oxygen atoms in total. The van der Waals surface area contributed by atoms with Gasteiger partial charge in [-0.05, 0) is 60.4 Å². The van der Waals surface area contributed by atoms with Crippen LogP contribution < -0.4 is 10.6 Å². The van der Waals surface area contributed by atoms with E-state index in [4.69, 9.17) is 5.73 Å². The van der Waals surface area contributed by atoms with Crippen LogP contribution in [0, 0.1) is 12.7 Å². The summed E-state index contributed by atoms with van der Waals surface area (Å²) in [6.45, 7) is 3.74. The number of rotatable bonds is 2. The number of hydrogen-bond acceptors (Lipinski definition) is 2. The zero-order valence-corrected chi connectivity index (χ0v) is 11.0. The highest BCUT2D eigenvalue weighted by atomic mass is 19.1. The lowest BCUT2D eigenvalue weighted by molar-refractivity contribution is 0.624. The first-order valence-electron chi connectivity index (χ1n) is 6.52. The van der Waals surface area contributed by atoms with Crippen LogP contribution in [-0.4, -0.2) is 6.54 Å². The number of nitrogens with two attached hydrogens (primary N) is 1. The molecule has 0 aromatic heterocycles. The van der Waals surface area contributed by atoms with E-state index in [9.17, 15) is 4.39 Å². The fourth-order valence-electron chi connectivity index (χ4n) is 2.67. The minimum atomic E-state index is -0.169. The molecular weight excluding hydrogens is 239 g/mol. The first kappa shape index (κ1) is 12.0. The van der Waals surface area contributed by atoms with Crippen LogP contribution in [0.2, 0.25) is 0 Å². The monoisotopic (exact) mass is 256 g/mol. The Balaban J connectivity index is 1.88. The second kappa shape index (κ2) is 4.57. The summed E-state index contributed by atoms with van der Waals surface area (Å²) in [5, 5.41) is 0. The Morgan fingerprint density at radius 3 is 2.89 bits per heavy atom. The number of halogens is 1. The second-order valence-corrected chi connectivity index (χ2v) is 5.13. The Hall–Kier alpha value is -2.03. The maximum atomic E-state index is 13.3. The van der Waals surface area contributed by atoms with Gasteiger partial charge in [-0.15, -0.1) is 0 Å². The van der Waals surface area contributed by atoms with E-state index in [1.807, 2.05) is 25.1 Å². The molecule has 2 aromatic carbocycles. The largest absolute Gasteiger partial charge is 0.399 e. The van der Waals surface area contributed by atoms with E-state index < -0.39 is 0 Å². The molecule has 0 spiro atoms. The van der Waals surface area contributed by atoms with E-state index in [0.29, 0.717) is 0 Å². The molecule has 2 aromatic rings. The summed E-state index contributed by atoms with van der Waals surface area (Å²) in [5.41, 5.74) is 11.3. The summed E-state index contributed by atoms with van der Waals surface area (Å²) < 4.78 is 13.3. The lowest BCUT2D eigenvalue weighted by atomic mass is 10.1. The molecule has 3 heteroatoms. The Bertz CT molecular complexity index is 622. The molecule has 0 radical (unpaired) electrons. The normalized spacial score (nSPS) is 13.7. The van der Waals surface area contributed by atoms with E-state index in [1.165, 1.54) is 17.3 Å². The minimum absolute atomic E-state index is 0.169. The van der Waals surface area contributed by atoms with Crippen LogP contribution in [0.4, 0.5) is 15.8 Å². The number of aryl methyl sites for hydroxylation is 1. The highest BCUT2D eigenvalue weighted by Crippen LogP contribution is 2.31. The zero-order valence-electron chi connectivity index (χ0n) is 11.0. The molecule has 1 aliphatic rings. The van der Waals surface area contributed by atoms with Gasteiger partial charge in [0.2, 0.25) is 0 Å². The van der Waals surface area contributed by atoms with E-state index in [-0.39, 0.29) is 5.82 Å². The standard InChI is InChI=1S/C16H17FN2/c1-11-2-3-14(17)8-13(11)10-19-7-6-12-9-15(18)4-5-16(12)19/h2-5,8-9H,6-7,10,18H2,1H3. The Morgan fingerprint density at radius 2 is 2.05 bits per heavy atom. The first-order chi connectivity index (χ1) is 9.13. The van der Waals surface area contributed by atoms with Gasteiger partial charge in [0, 0.05) is 24.5 Å².